The molecule has 0 aliphatic heterocycles. The molecule has 0 bridgehead atoms. The van der Waals surface area contributed by atoms with Crippen LogP contribution in [0.15, 0.2) is 27.4 Å². The van der Waals surface area contributed by atoms with Crippen LogP contribution in [0.5, 0.6) is 5.75 Å². The number of methoxy groups -OCH3 is 1. The Morgan fingerprint density at radius 2 is 2.12 bits per heavy atom. The smallest absolute Gasteiger partial charge is 0.135 e. The van der Waals surface area contributed by atoms with Gasteiger partial charge in [-0.2, -0.15) is 0 Å². The van der Waals surface area contributed by atoms with Crippen molar-refractivity contribution in [3.63, 3.8) is 0 Å². The van der Waals surface area contributed by atoms with Crippen LogP contribution in [0.2, 0.25) is 0 Å². The second-order valence-corrected chi connectivity index (χ2v) is 6.07. The molecule has 5 heteroatoms. The lowest BCUT2D eigenvalue weighted by Crippen LogP contribution is -2.00. The van der Waals surface area contributed by atoms with Crippen LogP contribution in [0, 0.1) is 0 Å². The number of hydrogen-bond acceptors (Lipinski definition) is 4. The minimum Gasteiger partial charge on any atom is -0.495 e. The predicted octanol–water partition coefficient (Wildman–Crippen LogP) is 3.86. The first-order valence-electron chi connectivity index (χ1n) is 4.73. The topological polar surface area (TPSA) is 29.5 Å². The molecule has 0 aromatic carbocycles. The molecule has 86 valence electrons. The van der Waals surface area contributed by atoms with Crippen molar-refractivity contribution in [1.29, 1.82) is 0 Å². The summed E-state index contributed by atoms with van der Waals surface area (Å²) in [4.78, 5) is 2.05. The van der Waals surface area contributed by atoms with E-state index in [-0.39, 0.29) is 0 Å². The van der Waals surface area contributed by atoms with E-state index in [9.17, 15) is 5.11 Å². The molecule has 2 rings (SSSR count). The highest BCUT2D eigenvalue weighted by molar-refractivity contribution is 9.10. The Morgan fingerprint density at radius 1 is 1.38 bits per heavy atom. The summed E-state index contributed by atoms with van der Waals surface area (Å²) in [5, 5.41) is 14.1. The number of aliphatic hydroxyl groups excluding tert-OH is 1. The number of ether oxygens (including phenoxy) is 1. The molecule has 0 fully saturated rings. The monoisotopic (exact) mass is 318 g/mol. The average Bonchev–Trinajstić information content (AvgIpc) is 2.87. The Hall–Kier alpha value is -0.360. The van der Waals surface area contributed by atoms with E-state index >= 15 is 0 Å². The van der Waals surface area contributed by atoms with Gasteiger partial charge in [-0.05, 0) is 38.8 Å². The van der Waals surface area contributed by atoms with Crippen molar-refractivity contribution >= 4 is 38.6 Å². The third-order valence-electron chi connectivity index (χ3n) is 2.25. The molecule has 0 saturated heterocycles. The van der Waals surface area contributed by atoms with Crippen molar-refractivity contribution in [2.75, 3.05) is 7.11 Å². The highest BCUT2D eigenvalue weighted by atomic mass is 79.9. The van der Waals surface area contributed by atoms with E-state index in [1.54, 1.807) is 18.4 Å². The summed E-state index contributed by atoms with van der Waals surface area (Å²) in [7, 11) is 1.62. The normalized spacial score (nSPS) is 12.7. The van der Waals surface area contributed by atoms with Crippen molar-refractivity contribution in [3.8, 4) is 5.75 Å². The molecular formula is C11H11BrO2S2. The van der Waals surface area contributed by atoms with Gasteiger partial charge in [0.2, 0.25) is 0 Å². The molecule has 2 nitrogen and oxygen atoms in total. The molecule has 1 N–H and O–H groups in total. The fourth-order valence-corrected chi connectivity index (χ4v) is 3.86. The summed E-state index contributed by atoms with van der Waals surface area (Å²) in [6.07, 6.45) is 0.125. The maximum atomic E-state index is 10.1. The van der Waals surface area contributed by atoms with Crippen molar-refractivity contribution in [3.05, 3.63) is 37.1 Å². The summed E-state index contributed by atoms with van der Waals surface area (Å²) in [5.41, 5.74) is 0. The second-order valence-electron chi connectivity index (χ2n) is 3.26. The Labute approximate surface area is 111 Å². The first kappa shape index (κ1) is 12.1. The van der Waals surface area contributed by atoms with Gasteiger partial charge >= 0.3 is 0 Å². The lowest BCUT2D eigenvalue weighted by Gasteiger charge is -2.10. The van der Waals surface area contributed by atoms with Crippen LogP contribution in [0.25, 0.3) is 0 Å². The van der Waals surface area contributed by atoms with Crippen molar-refractivity contribution in [2.24, 2.45) is 0 Å². The summed E-state index contributed by atoms with van der Waals surface area (Å²) in [6.45, 7) is 0. The Balaban J connectivity index is 2.14. The van der Waals surface area contributed by atoms with Gasteiger partial charge in [-0.25, -0.2) is 0 Å². The zero-order valence-electron chi connectivity index (χ0n) is 8.64. The van der Waals surface area contributed by atoms with Gasteiger partial charge in [0.15, 0.2) is 0 Å². The van der Waals surface area contributed by atoms with Crippen molar-refractivity contribution in [2.45, 2.75) is 12.5 Å². The van der Waals surface area contributed by atoms with Crippen LogP contribution >= 0.6 is 38.6 Å². The molecule has 0 spiro atoms. The molecular weight excluding hydrogens is 308 g/mol. The van der Waals surface area contributed by atoms with Crippen LogP contribution in [0.1, 0.15) is 15.9 Å². The molecule has 0 saturated carbocycles. The largest absolute Gasteiger partial charge is 0.495 e. The van der Waals surface area contributed by atoms with Gasteiger partial charge in [-0.15, -0.1) is 22.7 Å². The minimum absolute atomic E-state index is 0.495. The second kappa shape index (κ2) is 5.31. The number of halogens is 1. The van der Waals surface area contributed by atoms with E-state index in [0.717, 1.165) is 20.0 Å². The Kier molecular flexibility index (Phi) is 4.02. The van der Waals surface area contributed by atoms with E-state index in [1.165, 1.54) is 11.3 Å². The first-order chi connectivity index (χ1) is 7.72. The van der Waals surface area contributed by atoms with E-state index in [4.69, 9.17) is 4.74 Å². The molecule has 2 heterocycles. The average molecular weight is 319 g/mol. The van der Waals surface area contributed by atoms with Crippen LogP contribution < -0.4 is 4.74 Å². The van der Waals surface area contributed by atoms with E-state index in [1.807, 2.05) is 22.9 Å². The predicted molar refractivity (Wildman–Crippen MR) is 71.6 cm³/mol. The van der Waals surface area contributed by atoms with Crippen molar-refractivity contribution in [1.82, 2.24) is 0 Å². The highest BCUT2D eigenvalue weighted by Gasteiger charge is 2.17. The van der Waals surface area contributed by atoms with Gasteiger partial charge in [-0.3, -0.25) is 0 Å². The van der Waals surface area contributed by atoms with Crippen LogP contribution in [-0.2, 0) is 6.42 Å². The SMILES string of the molecule is COc1ccsc1C(O)Cc1sccc1Br. The molecule has 1 unspecified atom stereocenters. The zero-order chi connectivity index (χ0) is 11.5. The molecule has 2 aromatic rings. The molecule has 0 radical (unpaired) electrons. The number of rotatable bonds is 4. The first-order valence-corrected chi connectivity index (χ1v) is 7.29. The minimum atomic E-state index is -0.495. The third-order valence-corrected chi connectivity index (χ3v) is 5.20. The Morgan fingerprint density at radius 3 is 2.75 bits per heavy atom. The lowest BCUT2D eigenvalue weighted by molar-refractivity contribution is 0.179. The molecule has 0 amide bonds. The van der Waals surface area contributed by atoms with Gasteiger partial charge < -0.3 is 9.84 Å². The number of thiophene rings is 2. The third kappa shape index (κ3) is 2.48. The van der Waals surface area contributed by atoms with E-state index in [0.29, 0.717) is 6.42 Å². The maximum absolute atomic E-state index is 10.1. The van der Waals surface area contributed by atoms with Crippen LogP contribution in [0.4, 0.5) is 0 Å². The maximum Gasteiger partial charge on any atom is 0.135 e. The lowest BCUT2D eigenvalue weighted by atomic mass is 10.2. The van der Waals surface area contributed by atoms with Gasteiger partial charge in [0.25, 0.3) is 0 Å². The summed E-state index contributed by atoms with van der Waals surface area (Å²) in [5.74, 6) is 0.769. The summed E-state index contributed by atoms with van der Waals surface area (Å²) in [6, 6.07) is 3.88. The summed E-state index contributed by atoms with van der Waals surface area (Å²) >= 11 is 6.63. The molecule has 16 heavy (non-hydrogen) atoms. The van der Waals surface area contributed by atoms with Crippen molar-refractivity contribution < 1.29 is 9.84 Å². The highest BCUT2D eigenvalue weighted by Crippen LogP contribution is 2.35. The zero-order valence-corrected chi connectivity index (χ0v) is 11.9. The van der Waals surface area contributed by atoms with Gasteiger partial charge in [-0.1, -0.05) is 0 Å². The van der Waals surface area contributed by atoms with Crippen LogP contribution in [-0.4, -0.2) is 12.2 Å². The van der Waals surface area contributed by atoms with Gasteiger partial charge in [0, 0.05) is 15.8 Å². The number of hydrogen-bond donors (Lipinski definition) is 1. The fourth-order valence-electron chi connectivity index (χ4n) is 1.46. The van der Waals surface area contributed by atoms with E-state index in [2.05, 4.69) is 15.9 Å². The number of aliphatic hydroxyl groups is 1. The Bertz CT molecular complexity index is 464. The fraction of sp³-hybridized carbons (Fsp3) is 0.273. The molecule has 0 aliphatic rings. The van der Waals surface area contributed by atoms with Crippen LogP contribution in [0.3, 0.4) is 0 Å². The van der Waals surface area contributed by atoms with E-state index < -0.39 is 6.10 Å². The van der Waals surface area contributed by atoms with Gasteiger partial charge in [0.1, 0.15) is 5.75 Å². The molecule has 2 aromatic heterocycles. The van der Waals surface area contributed by atoms with Gasteiger partial charge in [0.05, 0.1) is 18.1 Å². The standard InChI is InChI=1S/C11H11BrO2S2/c1-14-9-3-5-16-11(9)8(13)6-10-7(12)2-4-15-10/h2-5,8,13H,6H2,1H3. The molecule has 1 atom stereocenters. The summed E-state index contributed by atoms with van der Waals surface area (Å²) < 4.78 is 6.26. The quantitative estimate of drug-likeness (QED) is 0.927. The molecule has 0 aliphatic carbocycles.